The van der Waals surface area contributed by atoms with E-state index in [1.54, 1.807) is 12.1 Å². The molecule has 19 heavy (non-hydrogen) atoms. The summed E-state index contributed by atoms with van der Waals surface area (Å²) in [7, 11) is 0. The van der Waals surface area contributed by atoms with Gasteiger partial charge in [0, 0.05) is 17.4 Å². The van der Waals surface area contributed by atoms with E-state index in [0.29, 0.717) is 10.7 Å². The number of nitrogens with zero attached hydrogens (tertiary/aromatic N) is 1. The Morgan fingerprint density at radius 3 is 2.84 bits per heavy atom. The summed E-state index contributed by atoms with van der Waals surface area (Å²) in [5, 5.41) is 3.26. The van der Waals surface area contributed by atoms with E-state index in [1.807, 2.05) is 25.1 Å². The third-order valence-corrected chi connectivity index (χ3v) is 3.17. The first-order valence-electron chi connectivity index (χ1n) is 6.13. The summed E-state index contributed by atoms with van der Waals surface area (Å²) in [6.45, 7) is 4.04. The van der Waals surface area contributed by atoms with E-state index in [4.69, 9.17) is 11.6 Å². The molecule has 0 aliphatic rings. The Balaban J connectivity index is 2.29. The number of benzene rings is 1. The molecule has 3 nitrogen and oxygen atoms in total. The first-order chi connectivity index (χ1) is 9.11. The molecule has 1 heterocycles. The average molecular weight is 275 g/mol. The van der Waals surface area contributed by atoms with Crippen molar-refractivity contribution in [3.8, 4) is 0 Å². The maximum absolute atomic E-state index is 12.2. The Kier molecular flexibility index (Phi) is 4.17. The third kappa shape index (κ3) is 3.12. The number of pyridine rings is 1. The summed E-state index contributed by atoms with van der Waals surface area (Å²) < 4.78 is 0. The number of anilines is 1. The quantitative estimate of drug-likeness (QED) is 0.864. The Morgan fingerprint density at radius 2 is 2.16 bits per heavy atom. The third-order valence-electron chi connectivity index (χ3n) is 2.97. The van der Waals surface area contributed by atoms with Crippen LogP contribution < -0.4 is 5.32 Å². The number of carbonyl (C=O) groups is 1. The van der Waals surface area contributed by atoms with E-state index in [1.165, 1.54) is 6.20 Å². The fourth-order valence-electron chi connectivity index (χ4n) is 1.93. The van der Waals surface area contributed by atoms with E-state index < -0.39 is 0 Å². The van der Waals surface area contributed by atoms with Crippen molar-refractivity contribution < 1.29 is 4.79 Å². The van der Waals surface area contributed by atoms with Gasteiger partial charge < -0.3 is 5.32 Å². The number of amides is 1. The zero-order valence-electron chi connectivity index (χ0n) is 10.9. The number of carbonyl (C=O) groups excluding carboxylic acids is 1. The smallest absolute Gasteiger partial charge is 0.255 e. The molecule has 0 fully saturated rings. The first kappa shape index (κ1) is 13.6. The summed E-state index contributed by atoms with van der Waals surface area (Å²) in [6, 6.07) is 9.19. The summed E-state index contributed by atoms with van der Waals surface area (Å²) >= 11 is 5.79. The lowest BCUT2D eigenvalue weighted by Gasteiger charge is -2.13. The lowest BCUT2D eigenvalue weighted by molar-refractivity contribution is 0.102. The zero-order valence-corrected chi connectivity index (χ0v) is 11.7. The monoisotopic (exact) mass is 274 g/mol. The lowest BCUT2D eigenvalue weighted by atomic mass is 10.1. The number of aromatic nitrogens is 1. The standard InChI is InChI=1S/C15H15ClN2O/c1-3-11-6-4-5-10(2)14(11)18-15(19)12-7-8-17-13(16)9-12/h4-9H,3H2,1-2H3,(H,18,19). The molecule has 2 rings (SSSR count). The molecule has 2 aromatic rings. The van der Waals surface area contributed by atoms with Crippen molar-refractivity contribution in [3.05, 3.63) is 58.4 Å². The van der Waals surface area contributed by atoms with Crippen LogP contribution in [0.4, 0.5) is 5.69 Å². The number of hydrogen-bond donors (Lipinski definition) is 1. The van der Waals surface area contributed by atoms with E-state index >= 15 is 0 Å². The van der Waals surface area contributed by atoms with Crippen LogP contribution in [-0.4, -0.2) is 10.9 Å². The van der Waals surface area contributed by atoms with Crippen LogP contribution in [0.15, 0.2) is 36.5 Å². The van der Waals surface area contributed by atoms with Gasteiger partial charge in [0.25, 0.3) is 5.91 Å². The molecule has 1 amide bonds. The molecule has 4 heteroatoms. The fraction of sp³-hybridized carbons (Fsp3) is 0.200. The highest BCUT2D eigenvalue weighted by molar-refractivity contribution is 6.29. The molecule has 1 aromatic carbocycles. The predicted octanol–water partition coefficient (Wildman–Crippen LogP) is 3.86. The van der Waals surface area contributed by atoms with Crippen LogP contribution in [-0.2, 0) is 6.42 Å². The van der Waals surface area contributed by atoms with Crippen molar-refractivity contribution in [2.24, 2.45) is 0 Å². The van der Waals surface area contributed by atoms with Crippen LogP contribution in [0.2, 0.25) is 5.15 Å². The highest BCUT2D eigenvalue weighted by atomic mass is 35.5. The van der Waals surface area contributed by atoms with Crippen LogP contribution in [0.1, 0.15) is 28.4 Å². The molecule has 0 aliphatic carbocycles. The maximum Gasteiger partial charge on any atom is 0.255 e. The topological polar surface area (TPSA) is 42.0 Å². The highest BCUT2D eigenvalue weighted by Gasteiger charge is 2.11. The molecule has 0 radical (unpaired) electrons. The van der Waals surface area contributed by atoms with E-state index in [2.05, 4.69) is 17.2 Å². The van der Waals surface area contributed by atoms with Crippen LogP contribution in [0, 0.1) is 6.92 Å². The molecule has 1 aromatic heterocycles. The fourth-order valence-corrected chi connectivity index (χ4v) is 2.11. The van der Waals surface area contributed by atoms with Gasteiger partial charge >= 0.3 is 0 Å². The Labute approximate surface area is 117 Å². The van der Waals surface area contributed by atoms with Crippen LogP contribution in [0.25, 0.3) is 0 Å². The summed E-state index contributed by atoms with van der Waals surface area (Å²) in [4.78, 5) is 16.1. The highest BCUT2D eigenvalue weighted by Crippen LogP contribution is 2.22. The van der Waals surface area contributed by atoms with Gasteiger partial charge in [-0.15, -0.1) is 0 Å². The van der Waals surface area contributed by atoms with Gasteiger partial charge in [-0.1, -0.05) is 36.7 Å². The predicted molar refractivity (Wildman–Crippen MR) is 77.8 cm³/mol. The van der Waals surface area contributed by atoms with Crippen molar-refractivity contribution in [2.75, 3.05) is 5.32 Å². The maximum atomic E-state index is 12.2. The number of rotatable bonds is 3. The Morgan fingerprint density at radius 1 is 1.37 bits per heavy atom. The number of para-hydroxylation sites is 1. The largest absolute Gasteiger partial charge is 0.321 e. The number of aryl methyl sites for hydroxylation is 2. The molecule has 0 bridgehead atoms. The normalized spacial score (nSPS) is 10.3. The van der Waals surface area contributed by atoms with E-state index in [0.717, 1.165) is 23.2 Å². The van der Waals surface area contributed by atoms with Crippen molar-refractivity contribution in [1.29, 1.82) is 0 Å². The number of halogens is 1. The second-order valence-corrected chi connectivity index (χ2v) is 4.67. The van der Waals surface area contributed by atoms with Gasteiger partial charge in [0.1, 0.15) is 5.15 Å². The van der Waals surface area contributed by atoms with Gasteiger partial charge in [-0.25, -0.2) is 4.98 Å². The van der Waals surface area contributed by atoms with Crippen molar-refractivity contribution in [1.82, 2.24) is 4.98 Å². The van der Waals surface area contributed by atoms with Crippen molar-refractivity contribution >= 4 is 23.2 Å². The molecule has 0 saturated carbocycles. The van der Waals surface area contributed by atoms with Gasteiger partial charge in [0.2, 0.25) is 0 Å². The first-order valence-corrected chi connectivity index (χ1v) is 6.51. The van der Waals surface area contributed by atoms with Gasteiger partial charge in [-0.2, -0.15) is 0 Å². The van der Waals surface area contributed by atoms with E-state index in [9.17, 15) is 4.79 Å². The average Bonchev–Trinajstić information content (AvgIpc) is 2.41. The SMILES string of the molecule is CCc1cccc(C)c1NC(=O)c1ccnc(Cl)c1. The molecule has 1 N–H and O–H groups in total. The minimum atomic E-state index is -0.173. The van der Waals surface area contributed by atoms with Crippen LogP contribution >= 0.6 is 11.6 Å². The Hall–Kier alpha value is -1.87. The molecule has 0 unspecified atom stereocenters. The number of hydrogen-bond acceptors (Lipinski definition) is 2. The van der Waals surface area contributed by atoms with Crippen molar-refractivity contribution in [3.63, 3.8) is 0 Å². The minimum Gasteiger partial charge on any atom is -0.321 e. The van der Waals surface area contributed by atoms with E-state index in [-0.39, 0.29) is 5.91 Å². The summed E-state index contributed by atoms with van der Waals surface area (Å²) in [5.74, 6) is -0.173. The summed E-state index contributed by atoms with van der Waals surface area (Å²) in [6.07, 6.45) is 2.39. The minimum absolute atomic E-state index is 0.173. The summed E-state index contributed by atoms with van der Waals surface area (Å²) in [5.41, 5.74) is 3.55. The lowest BCUT2D eigenvalue weighted by Crippen LogP contribution is -2.14. The molecule has 0 aliphatic heterocycles. The molecular formula is C15H15ClN2O. The number of nitrogens with one attached hydrogen (secondary N) is 1. The second-order valence-electron chi connectivity index (χ2n) is 4.28. The van der Waals surface area contributed by atoms with Crippen LogP contribution in [0.3, 0.4) is 0 Å². The molecular weight excluding hydrogens is 260 g/mol. The molecule has 98 valence electrons. The Bertz CT molecular complexity index is 611. The second kappa shape index (κ2) is 5.85. The van der Waals surface area contributed by atoms with Crippen molar-refractivity contribution in [2.45, 2.75) is 20.3 Å². The van der Waals surface area contributed by atoms with Gasteiger partial charge in [-0.05, 0) is 36.6 Å². The molecule has 0 atom stereocenters. The van der Waals surface area contributed by atoms with Gasteiger partial charge in [0.05, 0.1) is 0 Å². The zero-order chi connectivity index (χ0) is 13.8. The molecule has 0 spiro atoms. The van der Waals surface area contributed by atoms with Gasteiger partial charge in [0.15, 0.2) is 0 Å². The van der Waals surface area contributed by atoms with Crippen LogP contribution in [0.5, 0.6) is 0 Å². The molecule has 0 saturated heterocycles. The van der Waals surface area contributed by atoms with Gasteiger partial charge in [-0.3, -0.25) is 4.79 Å².